The minimum Gasteiger partial charge on any atom is -0.388 e. The molecule has 2 N–H and O–H groups in total. The molecule has 0 saturated heterocycles. The van der Waals surface area contributed by atoms with Crippen molar-refractivity contribution in [1.82, 2.24) is 0 Å². The fourth-order valence-electron chi connectivity index (χ4n) is 1.67. The quantitative estimate of drug-likeness (QED) is 0.868. The number of rotatable bonds is 4. The molecule has 2 aromatic carbocycles. The molecular formula is C14H14ClFN2. The van der Waals surface area contributed by atoms with E-state index in [0.717, 1.165) is 11.3 Å². The van der Waals surface area contributed by atoms with E-state index in [4.69, 9.17) is 11.6 Å². The van der Waals surface area contributed by atoms with Gasteiger partial charge in [0.1, 0.15) is 5.82 Å². The largest absolute Gasteiger partial charge is 0.388 e. The van der Waals surface area contributed by atoms with E-state index < -0.39 is 0 Å². The van der Waals surface area contributed by atoms with Gasteiger partial charge in [0.05, 0.1) is 5.69 Å². The summed E-state index contributed by atoms with van der Waals surface area (Å²) in [5, 5.41) is 6.61. The summed E-state index contributed by atoms with van der Waals surface area (Å²) in [6.07, 6.45) is 0. The van der Waals surface area contributed by atoms with Crippen LogP contribution >= 0.6 is 11.6 Å². The fourth-order valence-corrected chi connectivity index (χ4v) is 1.84. The molecule has 0 aliphatic heterocycles. The van der Waals surface area contributed by atoms with Crippen molar-refractivity contribution in [3.05, 3.63) is 58.9 Å². The summed E-state index contributed by atoms with van der Waals surface area (Å²) >= 11 is 5.83. The third-order valence-corrected chi connectivity index (χ3v) is 2.86. The summed E-state index contributed by atoms with van der Waals surface area (Å²) in [6, 6.07) is 12.4. The zero-order valence-electron chi connectivity index (χ0n) is 10.0. The van der Waals surface area contributed by atoms with Crippen molar-refractivity contribution in [3.63, 3.8) is 0 Å². The number of halogens is 2. The van der Waals surface area contributed by atoms with Crippen LogP contribution in [0.15, 0.2) is 42.5 Å². The summed E-state index contributed by atoms with van der Waals surface area (Å²) < 4.78 is 13.5. The molecule has 2 rings (SSSR count). The Morgan fingerprint density at radius 2 is 2.00 bits per heavy atom. The van der Waals surface area contributed by atoms with Crippen LogP contribution in [-0.2, 0) is 6.54 Å². The highest BCUT2D eigenvalue weighted by Crippen LogP contribution is 2.20. The predicted molar refractivity (Wildman–Crippen MR) is 74.7 cm³/mol. The molecule has 0 spiro atoms. The Hall–Kier alpha value is -1.74. The van der Waals surface area contributed by atoms with E-state index >= 15 is 0 Å². The monoisotopic (exact) mass is 264 g/mol. The van der Waals surface area contributed by atoms with Gasteiger partial charge in [0.15, 0.2) is 0 Å². The lowest BCUT2D eigenvalue weighted by atomic mass is 10.2. The van der Waals surface area contributed by atoms with E-state index in [9.17, 15) is 4.39 Å². The van der Waals surface area contributed by atoms with Gasteiger partial charge in [0.25, 0.3) is 0 Å². The van der Waals surface area contributed by atoms with E-state index in [-0.39, 0.29) is 5.82 Å². The summed E-state index contributed by atoms with van der Waals surface area (Å²) in [7, 11) is 1.86. The molecule has 0 aliphatic rings. The van der Waals surface area contributed by atoms with Crippen LogP contribution in [0.2, 0.25) is 5.02 Å². The molecule has 4 heteroatoms. The van der Waals surface area contributed by atoms with Gasteiger partial charge >= 0.3 is 0 Å². The van der Waals surface area contributed by atoms with E-state index in [1.54, 1.807) is 6.07 Å². The number of benzene rings is 2. The number of nitrogens with one attached hydrogen (secondary N) is 2. The fraction of sp³-hybridized carbons (Fsp3) is 0.143. The first kappa shape index (κ1) is 12.7. The second-order valence-electron chi connectivity index (χ2n) is 3.93. The normalized spacial score (nSPS) is 10.2. The molecule has 0 unspecified atom stereocenters. The van der Waals surface area contributed by atoms with E-state index in [2.05, 4.69) is 10.6 Å². The van der Waals surface area contributed by atoms with E-state index in [1.807, 2.05) is 31.3 Å². The summed E-state index contributed by atoms with van der Waals surface area (Å²) in [5.74, 6) is -0.302. The molecule has 0 heterocycles. The Morgan fingerprint density at radius 1 is 1.17 bits per heavy atom. The van der Waals surface area contributed by atoms with Gasteiger partial charge in [-0.25, -0.2) is 4.39 Å². The van der Waals surface area contributed by atoms with Crippen LogP contribution in [0.1, 0.15) is 5.56 Å². The van der Waals surface area contributed by atoms with Crippen LogP contribution in [0, 0.1) is 5.82 Å². The zero-order valence-corrected chi connectivity index (χ0v) is 10.8. The first-order chi connectivity index (χ1) is 8.69. The molecule has 0 saturated carbocycles. The average Bonchev–Trinajstić information content (AvgIpc) is 2.40. The van der Waals surface area contributed by atoms with Crippen molar-refractivity contribution in [3.8, 4) is 0 Å². The molecule has 0 amide bonds. The van der Waals surface area contributed by atoms with E-state index in [1.165, 1.54) is 12.1 Å². The molecule has 0 aliphatic carbocycles. The lowest BCUT2D eigenvalue weighted by molar-refractivity contribution is 0.630. The minimum atomic E-state index is -0.302. The molecule has 2 nitrogen and oxygen atoms in total. The Balaban J connectivity index is 2.08. The van der Waals surface area contributed by atoms with Crippen molar-refractivity contribution in [1.29, 1.82) is 0 Å². The maximum absolute atomic E-state index is 13.5. The lowest BCUT2D eigenvalue weighted by Gasteiger charge is -2.09. The first-order valence-corrected chi connectivity index (χ1v) is 6.02. The van der Waals surface area contributed by atoms with E-state index in [0.29, 0.717) is 17.3 Å². The van der Waals surface area contributed by atoms with Crippen molar-refractivity contribution in [2.24, 2.45) is 0 Å². The molecule has 18 heavy (non-hydrogen) atoms. The van der Waals surface area contributed by atoms with Crippen LogP contribution in [0.5, 0.6) is 0 Å². The predicted octanol–water partition coefficient (Wildman–Crippen LogP) is 4.13. The van der Waals surface area contributed by atoms with Crippen molar-refractivity contribution in [2.75, 3.05) is 17.7 Å². The van der Waals surface area contributed by atoms with Gasteiger partial charge in [0, 0.05) is 24.3 Å². The van der Waals surface area contributed by atoms with Crippen molar-refractivity contribution >= 4 is 23.0 Å². The van der Waals surface area contributed by atoms with Gasteiger partial charge in [-0.1, -0.05) is 23.7 Å². The van der Waals surface area contributed by atoms with Crippen LogP contribution < -0.4 is 10.6 Å². The van der Waals surface area contributed by atoms with Gasteiger partial charge < -0.3 is 10.6 Å². The molecule has 0 atom stereocenters. The lowest BCUT2D eigenvalue weighted by Crippen LogP contribution is -2.02. The van der Waals surface area contributed by atoms with Gasteiger partial charge in [-0.05, 0) is 35.9 Å². The van der Waals surface area contributed by atoms with Crippen LogP contribution in [0.4, 0.5) is 15.8 Å². The molecule has 0 bridgehead atoms. The van der Waals surface area contributed by atoms with Gasteiger partial charge in [-0.2, -0.15) is 0 Å². The number of anilines is 2. The highest BCUT2D eigenvalue weighted by atomic mass is 35.5. The van der Waals surface area contributed by atoms with Gasteiger partial charge in [-0.15, -0.1) is 0 Å². The summed E-state index contributed by atoms with van der Waals surface area (Å²) in [5.41, 5.74) is 2.51. The SMILES string of the molecule is CNc1cccc(CNc2cc(Cl)ccc2F)c1. The zero-order chi connectivity index (χ0) is 13.0. The van der Waals surface area contributed by atoms with Crippen LogP contribution in [0.3, 0.4) is 0 Å². The summed E-state index contributed by atoms with van der Waals surface area (Å²) in [6.45, 7) is 0.548. The van der Waals surface area contributed by atoms with Crippen LogP contribution in [0.25, 0.3) is 0 Å². The van der Waals surface area contributed by atoms with Crippen molar-refractivity contribution in [2.45, 2.75) is 6.54 Å². The number of hydrogen-bond donors (Lipinski definition) is 2. The molecule has 2 aromatic rings. The van der Waals surface area contributed by atoms with Crippen molar-refractivity contribution < 1.29 is 4.39 Å². The standard InChI is InChI=1S/C14H14ClFN2/c1-17-12-4-2-3-10(7-12)9-18-14-8-11(15)5-6-13(14)16/h2-8,17-18H,9H2,1H3. The Bertz CT molecular complexity index is 543. The molecule has 0 aromatic heterocycles. The highest BCUT2D eigenvalue weighted by Gasteiger charge is 2.02. The maximum Gasteiger partial charge on any atom is 0.146 e. The summed E-state index contributed by atoms with van der Waals surface area (Å²) in [4.78, 5) is 0. The third kappa shape index (κ3) is 3.14. The Kier molecular flexibility index (Phi) is 4.05. The van der Waals surface area contributed by atoms with Crippen LogP contribution in [-0.4, -0.2) is 7.05 Å². The smallest absolute Gasteiger partial charge is 0.146 e. The number of hydrogen-bond acceptors (Lipinski definition) is 2. The van der Waals surface area contributed by atoms with Gasteiger partial charge in [-0.3, -0.25) is 0 Å². The molecular weight excluding hydrogens is 251 g/mol. The second kappa shape index (κ2) is 5.74. The Labute approximate surface area is 111 Å². The molecule has 0 radical (unpaired) electrons. The highest BCUT2D eigenvalue weighted by molar-refractivity contribution is 6.30. The maximum atomic E-state index is 13.5. The van der Waals surface area contributed by atoms with Gasteiger partial charge in [0.2, 0.25) is 0 Å². The second-order valence-corrected chi connectivity index (χ2v) is 4.36. The molecule has 94 valence electrons. The first-order valence-electron chi connectivity index (χ1n) is 5.64. The minimum absolute atomic E-state index is 0.302. The Morgan fingerprint density at radius 3 is 2.78 bits per heavy atom. The molecule has 0 fully saturated rings. The average molecular weight is 265 g/mol. The topological polar surface area (TPSA) is 24.1 Å². The third-order valence-electron chi connectivity index (χ3n) is 2.63.